The molecule has 0 aromatic heterocycles. The van der Waals surface area contributed by atoms with Crippen molar-refractivity contribution >= 4 is 14.0 Å². The van der Waals surface area contributed by atoms with Crippen LogP contribution in [0.15, 0.2) is 42.5 Å². The number of carbonyl (C=O) groups excluding carboxylic acids is 1. The first-order valence-corrected chi connectivity index (χ1v) is 16.5. The topological polar surface area (TPSA) is 26.3 Å². The van der Waals surface area contributed by atoms with Gasteiger partial charge in [0.05, 0.1) is 12.2 Å². The molecule has 0 radical (unpaired) electrons. The molecule has 3 heteroatoms. The largest absolute Gasteiger partial charge is 0.462 e. The summed E-state index contributed by atoms with van der Waals surface area (Å²) < 4.78 is 5.59. The van der Waals surface area contributed by atoms with Gasteiger partial charge in [-0.3, -0.25) is 0 Å². The Labute approximate surface area is 202 Å². The highest BCUT2D eigenvalue weighted by Crippen LogP contribution is 2.51. The van der Waals surface area contributed by atoms with Crippen molar-refractivity contribution in [3.05, 3.63) is 70.3 Å². The predicted octanol–water partition coefficient (Wildman–Crippen LogP) is 7.92. The Kier molecular flexibility index (Phi) is 6.66. The van der Waals surface area contributed by atoms with Gasteiger partial charge >= 0.3 is 5.97 Å². The Morgan fingerprint density at radius 2 is 1.61 bits per heavy atom. The average molecular weight is 463 g/mol. The van der Waals surface area contributed by atoms with E-state index in [1.165, 1.54) is 54.4 Å². The van der Waals surface area contributed by atoms with Crippen LogP contribution in [-0.2, 0) is 23.0 Å². The van der Waals surface area contributed by atoms with Crippen molar-refractivity contribution in [1.29, 1.82) is 0 Å². The van der Waals surface area contributed by atoms with Crippen LogP contribution in [0.4, 0.5) is 0 Å². The molecule has 0 bridgehead atoms. The van der Waals surface area contributed by atoms with E-state index in [0.717, 1.165) is 18.0 Å². The van der Waals surface area contributed by atoms with Crippen molar-refractivity contribution in [3.8, 4) is 0 Å². The molecule has 2 aromatic carbocycles. The predicted molar refractivity (Wildman–Crippen MR) is 141 cm³/mol. The lowest BCUT2D eigenvalue weighted by Crippen LogP contribution is -2.27. The number of esters is 1. The molecule has 4 rings (SSSR count). The van der Waals surface area contributed by atoms with Gasteiger partial charge in [-0.05, 0) is 95.7 Å². The molecule has 0 heterocycles. The lowest BCUT2D eigenvalue weighted by Gasteiger charge is -2.37. The molecule has 2 aromatic rings. The third kappa shape index (κ3) is 5.80. The fourth-order valence-corrected chi connectivity index (χ4v) is 6.38. The average Bonchev–Trinajstić information content (AvgIpc) is 3.09. The minimum atomic E-state index is -1.19. The van der Waals surface area contributed by atoms with E-state index >= 15 is 0 Å². The van der Waals surface area contributed by atoms with Crippen LogP contribution in [0.3, 0.4) is 0 Å². The van der Waals surface area contributed by atoms with E-state index in [-0.39, 0.29) is 11.4 Å². The van der Waals surface area contributed by atoms with E-state index in [4.69, 9.17) is 4.74 Å². The molecule has 0 amide bonds. The Morgan fingerprint density at radius 3 is 2.21 bits per heavy atom. The molecular formula is C30H42O2Si. The fourth-order valence-electron chi connectivity index (χ4n) is 5.67. The number of rotatable bonds is 5. The molecule has 1 fully saturated rings. The van der Waals surface area contributed by atoms with Gasteiger partial charge in [0.1, 0.15) is 0 Å². The van der Waals surface area contributed by atoms with E-state index in [1.807, 2.05) is 6.07 Å². The van der Waals surface area contributed by atoms with Crippen LogP contribution in [0, 0.1) is 5.41 Å². The molecular weight excluding hydrogens is 420 g/mol. The first-order valence-electron chi connectivity index (χ1n) is 12.8. The summed E-state index contributed by atoms with van der Waals surface area (Å²) in [5.74, 6) is 0.532. The standard InChI is InChI=1S/C30H42O2Si/c1-29(2,3)27-11-9-22(10-12-27)23-13-15-30(16-14-23)20-25-8-7-24(19-26(25)21-30)28(31)32-17-18-33(4,5)6/h7-12,19,23H,13-18,20-21H2,1-6H3. The van der Waals surface area contributed by atoms with E-state index in [9.17, 15) is 4.79 Å². The highest BCUT2D eigenvalue weighted by Gasteiger charge is 2.40. The Bertz CT molecular complexity index is 983. The van der Waals surface area contributed by atoms with E-state index < -0.39 is 8.07 Å². The van der Waals surface area contributed by atoms with E-state index in [0.29, 0.717) is 17.9 Å². The zero-order chi connectivity index (χ0) is 23.9. The van der Waals surface area contributed by atoms with Crippen LogP contribution in [0.25, 0.3) is 0 Å². The van der Waals surface area contributed by atoms with Crippen LogP contribution < -0.4 is 0 Å². The number of benzene rings is 2. The van der Waals surface area contributed by atoms with Crippen molar-refractivity contribution in [2.75, 3.05) is 6.61 Å². The number of carbonyl (C=O) groups is 1. The van der Waals surface area contributed by atoms with Crippen LogP contribution in [0.5, 0.6) is 0 Å². The second kappa shape index (κ2) is 9.06. The Morgan fingerprint density at radius 1 is 0.970 bits per heavy atom. The third-order valence-corrected chi connectivity index (χ3v) is 9.66. The van der Waals surface area contributed by atoms with Crippen molar-refractivity contribution < 1.29 is 9.53 Å². The van der Waals surface area contributed by atoms with Crippen molar-refractivity contribution in [2.45, 2.75) is 96.3 Å². The smallest absolute Gasteiger partial charge is 0.338 e. The highest BCUT2D eigenvalue weighted by atomic mass is 28.3. The van der Waals surface area contributed by atoms with Crippen LogP contribution in [-0.4, -0.2) is 20.7 Å². The number of hydrogen-bond acceptors (Lipinski definition) is 2. The molecule has 0 atom stereocenters. The lowest BCUT2D eigenvalue weighted by atomic mass is 9.67. The van der Waals surface area contributed by atoms with Gasteiger partial charge in [-0.25, -0.2) is 4.79 Å². The minimum Gasteiger partial charge on any atom is -0.462 e. The summed E-state index contributed by atoms with van der Waals surface area (Å²) in [6.45, 7) is 14.3. The van der Waals surface area contributed by atoms with Gasteiger partial charge in [-0.1, -0.05) is 70.7 Å². The van der Waals surface area contributed by atoms with Gasteiger partial charge < -0.3 is 4.74 Å². The number of hydrogen-bond donors (Lipinski definition) is 0. The molecule has 2 aliphatic carbocycles. The minimum absolute atomic E-state index is 0.153. The highest BCUT2D eigenvalue weighted by molar-refractivity contribution is 6.76. The Balaban J connectivity index is 1.35. The SMILES string of the molecule is CC(C)(C)c1ccc(C2CCC3(CC2)Cc2ccc(C(=O)OCC[Si](C)(C)C)cc2C3)cc1. The van der Waals surface area contributed by atoms with E-state index in [2.05, 4.69) is 76.8 Å². The zero-order valence-corrected chi connectivity index (χ0v) is 22.6. The molecule has 2 nitrogen and oxygen atoms in total. The molecule has 0 saturated heterocycles. The molecule has 2 aliphatic rings. The van der Waals surface area contributed by atoms with Crippen LogP contribution in [0.1, 0.15) is 85.0 Å². The van der Waals surface area contributed by atoms with Gasteiger partial charge in [0.15, 0.2) is 0 Å². The molecule has 0 unspecified atom stereocenters. The number of ether oxygens (including phenoxy) is 1. The monoisotopic (exact) mass is 462 g/mol. The molecule has 1 spiro atoms. The van der Waals surface area contributed by atoms with E-state index in [1.54, 1.807) is 0 Å². The summed E-state index contributed by atoms with van der Waals surface area (Å²) in [6, 6.07) is 16.7. The zero-order valence-electron chi connectivity index (χ0n) is 21.6. The van der Waals surface area contributed by atoms with Crippen molar-refractivity contribution in [3.63, 3.8) is 0 Å². The maximum absolute atomic E-state index is 12.6. The summed E-state index contributed by atoms with van der Waals surface area (Å²) in [5, 5.41) is 0. The van der Waals surface area contributed by atoms with Crippen LogP contribution >= 0.6 is 0 Å². The van der Waals surface area contributed by atoms with Gasteiger partial charge in [0, 0.05) is 8.07 Å². The fraction of sp³-hybridized carbons (Fsp3) is 0.567. The number of fused-ring (bicyclic) bond motifs is 1. The maximum atomic E-state index is 12.6. The van der Waals surface area contributed by atoms with Crippen LogP contribution in [0.2, 0.25) is 25.7 Å². The lowest BCUT2D eigenvalue weighted by molar-refractivity contribution is 0.0525. The molecule has 178 valence electrons. The second-order valence-electron chi connectivity index (χ2n) is 12.9. The van der Waals surface area contributed by atoms with Gasteiger partial charge in [-0.15, -0.1) is 0 Å². The van der Waals surface area contributed by atoms with Gasteiger partial charge in [-0.2, -0.15) is 0 Å². The molecule has 1 saturated carbocycles. The van der Waals surface area contributed by atoms with Gasteiger partial charge in [0.25, 0.3) is 0 Å². The molecule has 33 heavy (non-hydrogen) atoms. The quantitative estimate of drug-likeness (QED) is 0.333. The van der Waals surface area contributed by atoms with Crippen molar-refractivity contribution in [2.24, 2.45) is 5.41 Å². The summed E-state index contributed by atoms with van der Waals surface area (Å²) in [6.07, 6.45) is 7.40. The maximum Gasteiger partial charge on any atom is 0.338 e. The third-order valence-electron chi connectivity index (χ3n) is 7.95. The second-order valence-corrected chi connectivity index (χ2v) is 18.6. The first-order chi connectivity index (χ1) is 15.4. The summed E-state index contributed by atoms with van der Waals surface area (Å²) in [4.78, 5) is 12.6. The molecule has 0 N–H and O–H groups in total. The normalized spacial score (nSPS) is 22.9. The van der Waals surface area contributed by atoms with Gasteiger partial charge in [0.2, 0.25) is 0 Å². The summed E-state index contributed by atoms with van der Waals surface area (Å²) in [7, 11) is -1.19. The molecule has 0 aliphatic heterocycles. The summed E-state index contributed by atoms with van der Waals surface area (Å²) in [5.41, 5.74) is 7.09. The van der Waals surface area contributed by atoms with Crippen molar-refractivity contribution in [1.82, 2.24) is 0 Å². The first kappa shape index (κ1) is 24.3. The summed E-state index contributed by atoms with van der Waals surface area (Å²) >= 11 is 0. The Hall–Kier alpha value is -1.87.